The molecule has 0 spiro atoms. The maximum atomic E-state index is 12.0. The van der Waals surface area contributed by atoms with Crippen molar-refractivity contribution >= 4 is 21.6 Å². The number of hydrogen-bond acceptors (Lipinski definition) is 3. The fourth-order valence-electron chi connectivity index (χ4n) is 1.87. The molecule has 0 saturated heterocycles. The molecule has 0 fully saturated rings. The molecule has 1 rings (SSSR count). The van der Waals surface area contributed by atoms with Gasteiger partial charge in [0.1, 0.15) is 6.54 Å². The van der Waals surface area contributed by atoms with Crippen LogP contribution in [0.15, 0.2) is 18.2 Å². The summed E-state index contributed by atoms with van der Waals surface area (Å²) in [5, 5.41) is 2.70. The van der Waals surface area contributed by atoms with E-state index in [1.165, 1.54) is 0 Å². The van der Waals surface area contributed by atoms with Crippen LogP contribution in [0.2, 0.25) is 0 Å². The maximum absolute atomic E-state index is 12.0. The van der Waals surface area contributed by atoms with Crippen LogP contribution in [0.25, 0.3) is 0 Å². The van der Waals surface area contributed by atoms with Gasteiger partial charge < -0.3 is 5.32 Å². The van der Waals surface area contributed by atoms with Crippen molar-refractivity contribution in [2.75, 3.05) is 17.1 Å². The first-order valence-electron chi connectivity index (χ1n) is 6.45. The van der Waals surface area contributed by atoms with Crippen LogP contribution in [0.1, 0.15) is 25.0 Å². The smallest absolute Gasteiger partial charge is 0.240 e. The van der Waals surface area contributed by atoms with E-state index in [1.54, 1.807) is 6.07 Å². The molecule has 6 heteroatoms. The van der Waals surface area contributed by atoms with Crippen molar-refractivity contribution < 1.29 is 13.2 Å². The van der Waals surface area contributed by atoms with Crippen molar-refractivity contribution in [3.05, 3.63) is 29.3 Å². The highest BCUT2D eigenvalue weighted by Crippen LogP contribution is 2.23. The van der Waals surface area contributed by atoms with Crippen LogP contribution >= 0.6 is 0 Å². The Bertz CT molecular complexity index is 594. The van der Waals surface area contributed by atoms with Gasteiger partial charge in [0.2, 0.25) is 15.9 Å². The van der Waals surface area contributed by atoms with E-state index in [9.17, 15) is 13.2 Å². The number of nitrogens with zero attached hydrogens (tertiary/aromatic N) is 1. The van der Waals surface area contributed by atoms with Crippen molar-refractivity contribution in [3.63, 3.8) is 0 Å². The standard InChI is InChI=1S/C14H22N2O3S/c1-10(2)15-14(17)9-16(20(5,18)19)13-8-11(3)6-7-12(13)4/h6-8,10H,9H2,1-5H3,(H,15,17). The third-order valence-electron chi connectivity index (χ3n) is 2.77. The van der Waals surface area contributed by atoms with Gasteiger partial charge >= 0.3 is 0 Å². The van der Waals surface area contributed by atoms with Crippen molar-refractivity contribution in [2.45, 2.75) is 33.7 Å². The molecule has 0 aliphatic rings. The zero-order valence-corrected chi connectivity index (χ0v) is 13.4. The molecule has 112 valence electrons. The summed E-state index contributed by atoms with van der Waals surface area (Å²) >= 11 is 0. The van der Waals surface area contributed by atoms with Gasteiger partial charge in [0.25, 0.3) is 0 Å². The summed E-state index contributed by atoms with van der Waals surface area (Å²) in [7, 11) is -3.52. The first-order chi connectivity index (χ1) is 9.11. The van der Waals surface area contributed by atoms with Gasteiger partial charge in [-0.15, -0.1) is 0 Å². The number of amides is 1. The largest absolute Gasteiger partial charge is 0.352 e. The molecule has 1 aromatic rings. The molecule has 0 heterocycles. The third kappa shape index (κ3) is 4.52. The van der Waals surface area contributed by atoms with Crippen LogP contribution in [0.3, 0.4) is 0 Å². The molecule has 20 heavy (non-hydrogen) atoms. The zero-order valence-electron chi connectivity index (χ0n) is 12.6. The Kier molecular flexibility index (Phi) is 5.16. The summed E-state index contributed by atoms with van der Waals surface area (Å²) in [6.07, 6.45) is 1.11. The van der Waals surface area contributed by atoms with Crippen LogP contribution in [-0.2, 0) is 14.8 Å². The van der Waals surface area contributed by atoms with Gasteiger partial charge in [0.05, 0.1) is 11.9 Å². The second-order valence-electron chi connectivity index (χ2n) is 5.28. The molecule has 1 aromatic carbocycles. The fraction of sp³-hybridized carbons (Fsp3) is 0.500. The predicted molar refractivity (Wildman–Crippen MR) is 81.4 cm³/mol. The average Bonchev–Trinajstić information content (AvgIpc) is 2.27. The molecule has 0 atom stereocenters. The van der Waals surface area contributed by atoms with E-state index in [2.05, 4.69) is 5.32 Å². The van der Waals surface area contributed by atoms with Crippen molar-refractivity contribution in [1.82, 2.24) is 5.32 Å². The van der Waals surface area contributed by atoms with Gasteiger partial charge in [-0.2, -0.15) is 0 Å². The van der Waals surface area contributed by atoms with Crippen molar-refractivity contribution in [2.24, 2.45) is 0 Å². The van der Waals surface area contributed by atoms with Crippen LogP contribution in [0.4, 0.5) is 5.69 Å². The highest BCUT2D eigenvalue weighted by Gasteiger charge is 2.22. The summed E-state index contributed by atoms with van der Waals surface area (Å²) in [5.74, 6) is -0.314. The summed E-state index contributed by atoms with van der Waals surface area (Å²) in [4.78, 5) is 11.9. The number of nitrogens with one attached hydrogen (secondary N) is 1. The topological polar surface area (TPSA) is 66.5 Å². The van der Waals surface area contributed by atoms with Crippen LogP contribution in [-0.4, -0.2) is 33.2 Å². The van der Waals surface area contributed by atoms with E-state index in [0.717, 1.165) is 21.7 Å². The molecule has 0 unspecified atom stereocenters. The Morgan fingerprint density at radius 1 is 1.30 bits per heavy atom. The Hall–Kier alpha value is -1.56. The molecule has 0 bridgehead atoms. The van der Waals surface area contributed by atoms with Crippen LogP contribution in [0.5, 0.6) is 0 Å². The van der Waals surface area contributed by atoms with Crippen molar-refractivity contribution in [3.8, 4) is 0 Å². The van der Waals surface area contributed by atoms with Gasteiger partial charge in [0.15, 0.2) is 0 Å². The van der Waals surface area contributed by atoms with E-state index in [0.29, 0.717) is 5.69 Å². The molecule has 0 aliphatic carbocycles. The number of carbonyl (C=O) groups is 1. The second kappa shape index (κ2) is 6.26. The summed E-state index contributed by atoms with van der Waals surface area (Å²) < 4.78 is 25.1. The Balaban J connectivity index is 3.14. The third-order valence-corrected chi connectivity index (χ3v) is 3.90. The Labute approximate surface area is 121 Å². The monoisotopic (exact) mass is 298 g/mol. The number of carbonyl (C=O) groups excluding carboxylic acids is 1. The van der Waals surface area contributed by atoms with Crippen molar-refractivity contribution in [1.29, 1.82) is 0 Å². The normalized spacial score (nSPS) is 11.5. The number of aryl methyl sites for hydroxylation is 2. The van der Waals surface area contributed by atoms with Gasteiger partial charge in [0, 0.05) is 6.04 Å². The predicted octanol–water partition coefficient (Wildman–Crippen LogP) is 1.59. The van der Waals surface area contributed by atoms with E-state index in [1.807, 2.05) is 39.8 Å². The van der Waals surface area contributed by atoms with E-state index in [4.69, 9.17) is 0 Å². The lowest BCUT2D eigenvalue weighted by atomic mass is 10.1. The molecular formula is C14H22N2O3S. The number of benzene rings is 1. The van der Waals surface area contributed by atoms with E-state index >= 15 is 0 Å². The van der Waals surface area contributed by atoms with Crippen LogP contribution < -0.4 is 9.62 Å². The number of sulfonamides is 1. The molecule has 1 N–H and O–H groups in total. The summed E-state index contributed by atoms with van der Waals surface area (Å²) in [6, 6.07) is 5.51. The van der Waals surface area contributed by atoms with Gasteiger partial charge in [-0.3, -0.25) is 9.10 Å². The number of rotatable bonds is 5. The Morgan fingerprint density at radius 2 is 1.90 bits per heavy atom. The molecule has 0 aliphatic heterocycles. The minimum atomic E-state index is -3.52. The van der Waals surface area contributed by atoms with E-state index in [-0.39, 0.29) is 18.5 Å². The summed E-state index contributed by atoms with van der Waals surface area (Å²) in [6.45, 7) is 7.17. The Morgan fingerprint density at radius 3 is 2.40 bits per heavy atom. The molecule has 0 radical (unpaired) electrons. The first kappa shape index (κ1) is 16.5. The maximum Gasteiger partial charge on any atom is 0.240 e. The minimum absolute atomic E-state index is 0.0254. The first-order valence-corrected chi connectivity index (χ1v) is 8.30. The summed E-state index contributed by atoms with van der Waals surface area (Å²) in [5.41, 5.74) is 2.31. The quantitative estimate of drug-likeness (QED) is 0.898. The van der Waals surface area contributed by atoms with Crippen LogP contribution in [0, 0.1) is 13.8 Å². The lowest BCUT2D eigenvalue weighted by Gasteiger charge is -2.24. The van der Waals surface area contributed by atoms with Gasteiger partial charge in [-0.1, -0.05) is 12.1 Å². The number of hydrogen-bond donors (Lipinski definition) is 1. The molecule has 0 saturated carbocycles. The SMILES string of the molecule is Cc1ccc(C)c(N(CC(=O)NC(C)C)S(C)(=O)=O)c1. The lowest BCUT2D eigenvalue weighted by Crippen LogP contribution is -2.42. The fourth-order valence-corrected chi connectivity index (χ4v) is 2.77. The highest BCUT2D eigenvalue weighted by molar-refractivity contribution is 7.92. The molecule has 0 aromatic heterocycles. The molecule has 5 nitrogen and oxygen atoms in total. The van der Waals surface area contributed by atoms with E-state index < -0.39 is 10.0 Å². The average molecular weight is 298 g/mol. The second-order valence-corrected chi connectivity index (χ2v) is 7.19. The number of anilines is 1. The van der Waals surface area contributed by atoms with Gasteiger partial charge in [-0.25, -0.2) is 8.42 Å². The highest BCUT2D eigenvalue weighted by atomic mass is 32.2. The molecular weight excluding hydrogens is 276 g/mol. The molecule has 1 amide bonds. The zero-order chi connectivity index (χ0) is 15.5. The lowest BCUT2D eigenvalue weighted by molar-refractivity contribution is -0.120. The van der Waals surface area contributed by atoms with Gasteiger partial charge in [-0.05, 0) is 44.9 Å². The minimum Gasteiger partial charge on any atom is -0.352 e.